The van der Waals surface area contributed by atoms with Gasteiger partial charge in [-0.3, -0.25) is 11.3 Å². The van der Waals surface area contributed by atoms with Crippen molar-refractivity contribution in [2.24, 2.45) is 5.84 Å². The molecule has 1 atom stereocenters. The Kier molecular flexibility index (Phi) is 3.73. The van der Waals surface area contributed by atoms with Gasteiger partial charge in [0.15, 0.2) is 0 Å². The van der Waals surface area contributed by atoms with Gasteiger partial charge in [0.05, 0.1) is 6.04 Å². The van der Waals surface area contributed by atoms with Gasteiger partial charge in [0, 0.05) is 5.69 Å². The summed E-state index contributed by atoms with van der Waals surface area (Å²) >= 11 is 1.62. The lowest BCUT2D eigenvalue weighted by molar-refractivity contribution is 0.546. The van der Waals surface area contributed by atoms with Crippen molar-refractivity contribution in [3.05, 3.63) is 52.0 Å². The Morgan fingerprint density at radius 1 is 1.35 bits per heavy atom. The van der Waals surface area contributed by atoms with E-state index in [0.29, 0.717) is 17.7 Å². The molecule has 0 aliphatic carbocycles. The second-order valence-electron chi connectivity index (χ2n) is 3.83. The van der Waals surface area contributed by atoms with Gasteiger partial charge in [0.2, 0.25) is 0 Å². The van der Waals surface area contributed by atoms with Crippen LogP contribution in [0, 0.1) is 5.82 Å². The lowest BCUT2D eigenvalue weighted by Gasteiger charge is -2.17. The number of hydrogen-bond donors (Lipinski definition) is 3. The molecule has 17 heavy (non-hydrogen) atoms. The third-order valence-electron chi connectivity index (χ3n) is 2.65. The van der Waals surface area contributed by atoms with Gasteiger partial charge in [-0.1, -0.05) is 0 Å². The Hall–Kier alpha value is -1.43. The number of halogens is 1. The maximum absolute atomic E-state index is 13.2. The van der Waals surface area contributed by atoms with Crippen LogP contribution in [0.25, 0.3) is 0 Å². The van der Waals surface area contributed by atoms with E-state index in [1.165, 1.54) is 12.1 Å². The van der Waals surface area contributed by atoms with Gasteiger partial charge in [-0.15, -0.1) is 0 Å². The average Bonchev–Trinajstić information content (AvgIpc) is 2.82. The van der Waals surface area contributed by atoms with Crippen molar-refractivity contribution in [3.63, 3.8) is 0 Å². The minimum Gasteiger partial charge on any atom is -0.398 e. The van der Waals surface area contributed by atoms with Crippen LogP contribution in [-0.2, 0) is 6.42 Å². The first-order valence-corrected chi connectivity index (χ1v) is 6.17. The van der Waals surface area contributed by atoms with Gasteiger partial charge in [0.25, 0.3) is 0 Å². The van der Waals surface area contributed by atoms with Gasteiger partial charge in [-0.2, -0.15) is 11.3 Å². The van der Waals surface area contributed by atoms with E-state index in [4.69, 9.17) is 11.6 Å². The molecule has 5 N–H and O–H groups in total. The molecule has 1 heterocycles. The first-order chi connectivity index (χ1) is 8.20. The number of rotatable bonds is 4. The molecular formula is C12H14FN3S. The monoisotopic (exact) mass is 251 g/mol. The molecule has 2 rings (SSSR count). The Balaban J connectivity index is 2.25. The molecule has 0 saturated carbocycles. The number of benzene rings is 1. The summed E-state index contributed by atoms with van der Waals surface area (Å²) in [5.74, 6) is 5.21. The van der Waals surface area contributed by atoms with Crippen molar-refractivity contribution in [2.45, 2.75) is 12.5 Å². The number of anilines is 1. The summed E-state index contributed by atoms with van der Waals surface area (Å²) in [6.45, 7) is 0. The molecule has 1 aromatic heterocycles. The Morgan fingerprint density at radius 2 is 2.18 bits per heavy atom. The third kappa shape index (κ3) is 2.82. The molecular weight excluding hydrogens is 237 g/mol. The number of nitrogens with one attached hydrogen (secondary N) is 1. The number of thiophene rings is 1. The van der Waals surface area contributed by atoms with Crippen LogP contribution >= 0.6 is 11.3 Å². The summed E-state index contributed by atoms with van der Waals surface area (Å²) in [6, 6.07) is 6.16. The topological polar surface area (TPSA) is 64.1 Å². The standard InChI is InChI=1S/C12H14FN3S/c13-9-1-2-11(14)10(6-9)12(16-15)5-8-3-4-17-7-8/h1-4,6-7,12,16H,5,14-15H2. The van der Waals surface area contributed by atoms with Crippen molar-refractivity contribution in [3.8, 4) is 0 Å². The average molecular weight is 251 g/mol. The number of hydrogen-bond acceptors (Lipinski definition) is 4. The zero-order valence-electron chi connectivity index (χ0n) is 9.19. The molecule has 0 amide bonds. The van der Waals surface area contributed by atoms with Crippen molar-refractivity contribution in [2.75, 3.05) is 5.73 Å². The predicted molar refractivity (Wildman–Crippen MR) is 68.9 cm³/mol. The summed E-state index contributed by atoms with van der Waals surface area (Å²) in [4.78, 5) is 0. The molecule has 0 fully saturated rings. The molecule has 0 radical (unpaired) electrons. The van der Waals surface area contributed by atoms with E-state index in [9.17, 15) is 4.39 Å². The molecule has 0 saturated heterocycles. The van der Waals surface area contributed by atoms with E-state index in [-0.39, 0.29) is 11.9 Å². The fraction of sp³-hybridized carbons (Fsp3) is 0.167. The quantitative estimate of drug-likeness (QED) is 0.443. The van der Waals surface area contributed by atoms with E-state index in [1.807, 2.05) is 16.8 Å². The van der Waals surface area contributed by atoms with Gasteiger partial charge in [-0.25, -0.2) is 4.39 Å². The van der Waals surface area contributed by atoms with Crippen LogP contribution in [0.15, 0.2) is 35.0 Å². The number of nitrogen functional groups attached to an aromatic ring is 1. The van der Waals surface area contributed by atoms with Crippen LogP contribution < -0.4 is 17.0 Å². The fourth-order valence-corrected chi connectivity index (χ4v) is 2.43. The largest absolute Gasteiger partial charge is 0.398 e. The highest BCUT2D eigenvalue weighted by molar-refractivity contribution is 7.07. The van der Waals surface area contributed by atoms with E-state index in [1.54, 1.807) is 17.4 Å². The normalized spacial score (nSPS) is 12.6. The summed E-state index contributed by atoms with van der Waals surface area (Å²) in [6.07, 6.45) is 0.688. The maximum atomic E-state index is 13.2. The molecule has 1 aromatic carbocycles. The van der Waals surface area contributed by atoms with Crippen LogP contribution in [0.4, 0.5) is 10.1 Å². The molecule has 5 heteroatoms. The second kappa shape index (κ2) is 5.27. The van der Waals surface area contributed by atoms with Crippen molar-refractivity contribution >= 4 is 17.0 Å². The minimum absolute atomic E-state index is 0.180. The van der Waals surface area contributed by atoms with Crippen molar-refractivity contribution in [1.82, 2.24) is 5.43 Å². The molecule has 0 bridgehead atoms. The van der Waals surface area contributed by atoms with Crippen LogP contribution in [0.5, 0.6) is 0 Å². The summed E-state index contributed by atoms with van der Waals surface area (Å²) in [5, 5.41) is 4.04. The highest BCUT2D eigenvalue weighted by Crippen LogP contribution is 2.24. The summed E-state index contributed by atoms with van der Waals surface area (Å²) < 4.78 is 13.2. The molecule has 0 aliphatic rings. The van der Waals surface area contributed by atoms with E-state index in [2.05, 4.69) is 5.43 Å². The van der Waals surface area contributed by atoms with Gasteiger partial charge in [0.1, 0.15) is 5.82 Å². The van der Waals surface area contributed by atoms with E-state index in [0.717, 1.165) is 5.56 Å². The van der Waals surface area contributed by atoms with Crippen LogP contribution in [0.2, 0.25) is 0 Å². The molecule has 3 nitrogen and oxygen atoms in total. The second-order valence-corrected chi connectivity index (χ2v) is 4.61. The Labute approximate surface area is 103 Å². The van der Waals surface area contributed by atoms with Crippen LogP contribution in [0.3, 0.4) is 0 Å². The smallest absolute Gasteiger partial charge is 0.123 e. The van der Waals surface area contributed by atoms with Crippen LogP contribution in [-0.4, -0.2) is 0 Å². The minimum atomic E-state index is -0.306. The molecule has 90 valence electrons. The molecule has 2 aromatic rings. The Bertz CT molecular complexity index is 485. The Morgan fingerprint density at radius 3 is 2.82 bits per heavy atom. The zero-order valence-corrected chi connectivity index (χ0v) is 10.0. The SMILES string of the molecule is NNC(Cc1ccsc1)c1cc(F)ccc1N. The van der Waals surface area contributed by atoms with Gasteiger partial charge < -0.3 is 5.73 Å². The van der Waals surface area contributed by atoms with Crippen LogP contribution in [0.1, 0.15) is 17.2 Å². The first kappa shape index (κ1) is 12.0. The number of hydrazine groups is 1. The molecule has 1 unspecified atom stereocenters. The zero-order chi connectivity index (χ0) is 12.3. The van der Waals surface area contributed by atoms with Gasteiger partial charge >= 0.3 is 0 Å². The third-order valence-corrected chi connectivity index (χ3v) is 3.38. The lowest BCUT2D eigenvalue weighted by Crippen LogP contribution is -2.30. The van der Waals surface area contributed by atoms with Crippen molar-refractivity contribution < 1.29 is 4.39 Å². The predicted octanol–water partition coefficient (Wildman–Crippen LogP) is 2.22. The maximum Gasteiger partial charge on any atom is 0.123 e. The lowest BCUT2D eigenvalue weighted by atomic mass is 9.99. The van der Waals surface area contributed by atoms with Crippen molar-refractivity contribution in [1.29, 1.82) is 0 Å². The summed E-state index contributed by atoms with van der Waals surface area (Å²) in [5.41, 5.74) is 10.9. The molecule has 0 aliphatic heterocycles. The van der Waals surface area contributed by atoms with E-state index < -0.39 is 0 Å². The van der Waals surface area contributed by atoms with Gasteiger partial charge in [-0.05, 0) is 52.6 Å². The number of nitrogens with two attached hydrogens (primary N) is 2. The fourth-order valence-electron chi connectivity index (χ4n) is 1.75. The highest BCUT2D eigenvalue weighted by atomic mass is 32.1. The summed E-state index contributed by atoms with van der Waals surface area (Å²) in [7, 11) is 0. The first-order valence-electron chi connectivity index (χ1n) is 5.23. The molecule has 0 spiro atoms. The van der Waals surface area contributed by atoms with E-state index >= 15 is 0 Å². The highest BCUT2D eigenvalue weighted by Gasteiger charge is 2.14.